The highest BCUT2D eigenvalue weighted by molar-refractivity contribution is 6.30. The molecule has 6 heteroatoms. The van der Waals surface area contributed by atoms with Crippen LogP contribution >= 0.6 is 11.6 Å². The molecule has 1 aromatic heterocycles. The minimum absolute atomic E-state index is 0.163. The van der Waals surface area contributed by atoms with Gasteiger partial charge in [-0.1, -0.05) is 35.9 Å². The van der Waals surface area contributed by atoms with Gasteiger partial charge in [0.25, 0.3) is 5.91 Å². The third-order valence-corrected chi connectivity index (χ3v) is 4.76. The summed E-state index contributed by atoms with van der Waals surface area (Å²) in [5.41, 5.74) is 3.01. The molecule has 3 rings (SSSR count). The highest BCUT2D eigenvalue weighted by Gasteiger charge is 2.15. The van der Waals surface area contributed by atoms with Gasteiger partial charge in [-0.05, 0) is 54.4 Å². The Labute approximate surface area is 168 Å². The van der Waals surface area contributed by atoms with Crippen molar-refractivity contribution in [2.45, 2.75) is 19.5 Å². The number of halogens is 1. The topological polar surface area (TPSA) is 60.3 Å². The van der Waals surface area contributed by atoms with Gasteiger partial charge in [0.1, 0.15) is 5.69 Å². The molecule has 1 amide bonds. The van der Waals surface area contributed by atoms with Gasteiger partial charge in [0.2, 0.25) is 0 Å². The second-order valence-electron chi connectivity index (χ2n) is 6.46. The zero-order valence-electron chi connectivity index (χ0n) is 15.7. The van der Waals surface area contributed by atoms with Crippen molar-refractivity contribution in [2.75, 3.05) is 7.11 Å². The lowest BCUT2D eigenvalue weighted by atomic mass is 10.1. The van der Waals surface area contributed by atoms with Crippen molar-refractivity contribution in [1.29, 1.82) is 0 Å². The fourth-order valence-corrected chi connectivity index (χ4v) is 3.05. The minimum Gasteiger partial charge on any atom is -0.465 e. The second kappa shape index (κ2) is 8.76. The molecule has 5 nitrogen and oxygen atoms in total. The average molecular weight is 397 g/mol. The molecule has 1 atom stereocenters. The molecule has 0 bridgehead atoms. The van der Waals surface area contributed by atoms with Crippen LogP contribution in [0.3, 0.4) is 0 Å². The Morgan fingerprint density at radius 3 is 2.39 bits per heavy atom. The van der Waals surface area contributed by atoms with E-state index >= 15 is 0 Å². The van der Waals surface area contributed by atoms with Crippen molar-refractivity contribution in [3.63, 3.8) is 0 Å². The first-order chi connectivity index (χ1) is 13.5. The van der Waals surface area contributed by atoms with Crippen LogP contribution in [0.5, 0.6) is 0 Å². The van der Waals surface area contributed by atoms with Gasteiger partial charge in [0.15, 0.2) is 0 Å². The molecule has 2 aromatic carbocycles. The van der Waals surface area contributed by atoms with Crippen molar-refractivity contribution in [1.82, 2.24) is 9.88 Å². The van der Waals surface area contributed by atoms with E-state index in [0.717, 1.165) is 11.1 Å². The summed E-state index contributed by atoms with van der Waals surface area (Å²) in [6.45, 7) is 2.48. The Bertz CT molecular complexity index is 962. The SMILES string of the molecule is COC(=O)c1ccc([C@H](C)NC(=O)c2cccn2Cc2ccc(Cl)cc2)cc1. The van der Waals surface area contributed by atoms with Crippen LogP contribution in [0.4, 0.5) is 0 Å². The Kier molecular flexibility index (Phi) is 6.16. The number of hydrogen-bond donors (Lipinski definition) is 1. The molecular formula is C22H21ClN2O3. The predicted molar refractivity (Wildman–Crippen MR) is 109 cm³/mol. The number of nitrogens with one attached hydrogen (secondary N) is 1. The van der Waals surface area contributed by atoms with Gasteiger partial charge in [-0.15, -0.1) is 0 Å². The number of methoxy groups -OCH3 is 1. The van der Waals surface area contributed by atoms with Crippen LogP contribution < -0.4 is 5.32 Å². The van der Waals surface area contributed by atoms with Gasteiger partial charge < -0.3 is 14.6 Å². The largest absolute Gasteiger partial charge is 0.465 e. The zero-order valence-corrected chi connectivity index (χ0v) is 16.4. The van der Waals surface area contributed by atoms with Crippen molar-refractivity contribution in [2.24, 2.45) is 0 Å². The smallest absolute Gasteiger partial charge is 0.337 e. The first-order valence-electron chi connectivity index (χ1n) is 8.86. The molecule has 0 radical (unpaired) electrons. The molecule has 1 N–H and O–H groups in total. The molecule has 3 aromatic rings. The van der Waals surface area contributed by atoms with Gasteiger partial charge in [0, 0.05) is 17.8 Å². The molecule has 1 heterocycles. The summed E-state index contributed by atoms with van der Waals surface area (Å²) in [5.74, 6) is -0.549. The Hall–Kier alpha value is -3.05. The first-order valence-corrected chi connectivity index (χ1v) is 9.24. The van der Waals surface area contributed by atoms with Crippen molar-refractivity contribution in [3.05, 3.63) is 94.3 Å². The molecule has 144 valence electrons. The van der Waals surface area contributed by atoms with Gasteiger partial charge in [-0.25, -0.2) is 4.79 Å². The maximum Gasteiger partial charge on any atom is 0.337 e. The van der Waals surface area contributed by atoms with Crippen LogP contribution in [-0.2, 0) is 11.3 Å². The summed E-state index contributed by atoms with van der Waals surface area (Å²) in [4.78, 5) is 24.3. The molecule has 28 heavy (non-hydrogen) atoms. The van der Waals surface area contributed by atoms with Crippen LogP contribution in [-0.4, -0.2) is 23.6 Å². The molecule has 0 aliphatic carbocycles. The van der Waals surface area contributed by atoms with E-state index in [-0.39, 0.29) is 17.9 Å². The van der Waals surface area contributed by atoms with Crippen LogP contribution in [0.15, 0.2) is 66.9 Å². The Morgan fingerprint density at radius 2 is 1.75 bits per heavy atom. The average Bonchev–Trinajstić information content (AvgIpc) is 3.17. The van der Waals surface area contributed by atoms with E-state index in [1.165, 1.54) is 7.11 Å². The standard InChI is InChI=1S/C22H21ClN2O3/c1-15(17-7-9-18(10-8-17)22(27)28-2)24-21(26)20-4-3-13-25(20)14-16-5-11-19(23)12-6-16/h3-13,15H,14H2,1-2H3,(H,24,26)/t15-/m0/s1. The van der Waals surface area contributed by atoms with Crippen LogP contribution in [0, 0.1) is 0 Å². The van der Waals surface area contributed by atoms with Gasteiger partial charge >= 0.3 is 5.97 Å². The van der Waals surface area contributed by atoms with Crippen molar-refractivity contribution < 1.29 is 14.3 Å². The molecule has 0 unspecified atom stereocenters. The fourth-order valence-electron chi connectivity index (χ4n) is 2.92. The zero-order chi connectivity index (χ0) is 20.1. The first kappa shape index (κ1) is 19.7. The summed E-state index contributed by atoms with van der Waals surface area (Å²) in [6, 6.07) is 18.0. The van der Waals surface area contributed by atoms with Crippen LogP contribution in [0.25, 0.3) is 0 Å². The van der Waals surface area contributed by atoms with E-state index < -0.39 is 0 Å². The van der Waals surface area contributed by atoms with E-state index in [1.54, 1.807) is 18.2 Å². The van der Waals surface area contributed by atoms with Gasteiger partial charge in [-0.3, -0.25) is 4.79 Å². The number of rotatable bonds is 6. The number of aromatic nitrogens is 1. The predicted octanol–water partition coefficient (Wildman–Crippen LogP) is 4.47. The van der Waals surface area contributed by atoms with E-state index in [9.17, 15) is 9.59 Å². The maximum atomic E-state index is 12.7. The van der Waals surface area contributed by atoms with E-state index in [1.807, 2.05) is 60.2 Å². The van der Waals surface area contributed by atoms with Crippen molar-refractivity contribution >= 4 is 23.5 Å². The lowest BCUT2D eigenvalue weighted by molar-refractivity contribution is 0.0600. The summed E-state index contributed by atoms with van der Waals surface area (Å²) in [6.07, 6.45) is 1.87. The van der Waals surface area contributed by atoms with Gasteiger partial charge in [-0.2, -0.15) is 0 Å². The van der Waals surface area contributed by atoms with Crippen LogP contribution in [0.2, 0.25) is 5.02 Å². The summed E-state index contributed by atoms with van der Waals surface area (Å²) < 4.78 is 6.59. The maximum absolute atomic E-state index is 12.7. The number of carbonyl (C=O) groups is 2. The molecule has 0 saturated carbocycles. The summed E-state index contributed by atoms with van der Waals surface area (Å²) in [5, 5.41) is 3.68. The summed E-state index contributed by atoms with van der Waals surface area (Å²) >= 11 is 5.93. The monoisotopic (exact) mass is 396 g/mol. The van der Waals surface area contributed by atoms with Gasteiger partial charge in [0.05, 0.1) is 18.7 Å². The number of carbonyl (C=O) groups excluding carboxylic acids is 2. The molecular weight excluding hydrogens is 376 g/mol. The van der Waals surface area contributed by atoms with Crippen molar-refractivity contribution in [3.8, 4) is 0 Å². The molecule has 0 saturated heterocycles. The molecule has 0 fully saturated rings. The quantitative estimate of drug-likeness (QED) is 0.625. The Balaban J connectivity index is 1.68. The normalized spacial score (nSPS) is 11.7. The minimum atomic E-state index is -0.386. The third-order valence-electron chi connectivity index (χ3n) is 4.51. The number of nitrogens with zero attached hydrogens (tertiary/aromatic N) is 1. The highest BCUT2D eigenvalue weighted by Crippen LogP contribution is 2.16. The number of hydrogen-bond acceptors (Lipinski definition) is 3. The molecule has 0 spiro atoms. The van der Waals surface area contributed by atoms with Crippen LogP contribution in [0.1, 0.15) is 44.9 Å². The number of amides is 1. The number of ether oxygens (including phenoxy) is 1. The van der Waals surface area contributed by atoms with E-state index in [2.05, 4.69) is 5.32 Å². The molecule has 0 aliphatic rings. The highest BCUT2D eigenvalue weighted by atomic mass is 35.5. The van der Waals surface area contributed by atoms with E-state index in [0.29, 0.717) is 22.8 Å². The lowest BCUT2D eigenvalue weighted by Gasteiger charge is -2.16. The second-order valence-corrected chi connectivity index (χ2v) is 6.89. The summed E-state index contributed by atoms with van der Waals surface area (Å²) in [7, 11) is 1.35. The molecule has 0 aliphatic heterocycles. The fraction of sp³-hybridized carbons (Fsp3) is 0.182. The van der Waals surface area contributed by atoms with E-state index in [4.69, 9.17) is 16.3 Å². The Morgan fingerprint density at radius 1 is 1.07 bits per heavy atom. The number of esters is 1. The number of benzene rings is 2. The third kappa shape index (κ3) is 4.61. The lowest BCUT2D eigenvalue weighted by Crippen LogP contribution is -2.28.